The minimum atomic E-state index is -4.62. The minimum absolute atomic E-state index is 0. The number of nitrogens with two attached hydrogens (primary N) is 1. The van der Waals surface area contributed by atoms with E-state index in [4.69, 9.17) is 42.9 Å². The molecule has 0 amide bonds. The number of ketones is 1. The summed E-state index contributed by atoms with van der Waals surface area (Å²) < 4.78 is 147. The third kappa shape index (κ3) is 15.3. The first-order chi connectivity index (χ1) is 37.5. The quantitative estimate of drug-likeness (QED) is 0.1000. The van der Waals surface area contributed by atoms with E-state index in [9.17, 15) is 53.5 Å². The van der Waals surface area contributed by atoms with Crippen molar-refractivity contribution in [3.8, 4) is 22.6 Å². The van der Waals surface area contributed by atoms with E-state index in [0.717, 1.165) is 33.5 Å². The summed E-state index contributed by atoms with van der Waals surface area (Å²) in [6.07, 6.45) is -2.26. The lowest BCUT2D eigenvalue weighted by Gasteiger charge is -2.17. The Balaban J connectivity index is 0.000000191. The van der Waals surface area contributed by atoms with Crippen molar-refractivity contribution in [2.45, 2.75) is 108 Å². The fraction of sp³-hybridized carbons (Fsp3) is 0.309. The lowest BCUT2D eigenvalue weighted by Crippen LogP contribution is -2.19. The van der Waals surface area contributed by atoms with Crippen molar-refractivity contribution in [2.24, 2.45) is 5.73 Å². The summed E-state index contributed by atoms with van der Waals surface area (Å²) in [5, 5.41) is 16.9. The highest BCUT2D eigenvalue weighted by molar-refractivity contribution is 6.30. The molecule has 2 aliphatic rings. The van der Waals surface area contributed by atoms with Gasteiger partial charge in [0.15, 0.2) is 41.5 Å². The fourth-order valence-electron chi connectivity index (χ4n) is 9.75. The molecule has 0 aliphatic heterocycles. The van der Waals surface area contributed by atoms with Gasteiger partial charge in [-0.15, -0.1) is 12.4 Å². The number of nitrogens with zero attached hydrogens (tertiary/aromatic N) is 6. The molecule has 25 heteroatoms. The highest BCUT2D eigenvalue weighted by Crippen LogP contribution is 2.39. The summed E-state index contributed by atoms with van der Waals surface area (Å²) in [6.45, 7) is -0.876. The zero-order valence-corrected chi connectivity index (χ0v) is 44.2. The van der Waals surface area contributed by atoms with Crippen molar-refractivity contribution in [2.75, 3.05) is 0 Å². The van der Waals surface area contributed by atoms with Gasteiger partial charge < -0.3 is 19.7 Å². The molecule has 12 nitrogen and oxygen atoms in total. The monoisotopic (exact) mass is 1180 g/mol. The summed E-state index contributed by atoms with van der Waals surface area (Å²) in [6, 6.07) is 19.6. The second-order valence-corrected chi connectivity index (χ2v) is 19.7. The largest absolute Gasteiger partial charge is 0.480 e. The van der Waals surface area contributed by atoms with Crippen LogP contribution in [0, 0.1) is 23.3 Å². The van der Waals surface area contributed by atoms with Crippen LogP contribution in [0.2, 0.25) is 10.0 Å². The first-order valence-corrected chi connectivity index (χ1v) is 25.3. The Hall–Kier alpha value is -7.01. The molecule has 4 aromatic carbocycles. The fourth-order valence-corrected chi connectivity index (χ4v) is 10.0. The molecular weight excluding hydrogens is 1130 g/mol. The number of hydrogen-bond acceptors (Lipinski definition) is 9. The van der Waals surface area contributed by atoms with Gasteiger partial charge in [-0.3, -0.25) is 19.0 Å². The molecule has 0 fully saturated rings. The molecule has 2 atom stereocenters. The van der Waals surface area contributed by atoms with Gasteiger partial charge in [-0.1, -0.05) is 23.2 Å². The van der Waals surface area contributed by atoms with Crippen LogP contribution in [0.3, 0.4) is 0 Å². The normalized spacial score (nSPS) is 13.9. The van der Waals surface area contributed by atoms with Crippen LogP contribution in [-0.4, -0.2) is 46.4 Å². The Kier molecular flexibility index (Phi) is 19.7. The van der Waals surface area contributed by atoms with Crippen LogP contribution in [0.1, 0.15) is 100 Å². The van der Waals surface area contributed by atoms with E-state index in [1.807, 2.05) is 0 Å². The van der Waals surface area contributed by atoms with Gasteiger partial charge in [0, 0.05) is 68.2 Å². The lowest BCUT2D eigenvalue weighted by atomic mass is 9.89. The van der Waals surface area contributed by atoms with E-state index in [1.165, 1.54) is 37.1 Å². The highest BCUT2D eigenvalue weighted by Gasteiger charge is 2.41. The topological polar surface area (TPSA) is 168 Å². The zero-order valence-electron chi connectivity index (χ0n) is 41.9. The SMILES string of the molecule is Cl.NC(Cc1cc(F)cc(F)c1)c1ncoc1-c1ccc(Cl)cc1.O=C(CC(Cc1cc(F)cc(F)c1)c1ncoc1-c1ccc(Cl)cc1)Cn1nc(C(F)(F)F)c2c1CCCC2.O=C(O)Cn1nc(C(F)(F)F)c2c1CCCC2. The molecule has 0 spiro atoms. The number of Topliss-reactive ketones (excluding diaryl/α,β-unsaturated/α-hetero) is 1. The van der Waals surface area contributed by atoms with Crippen LogP contribution in [0.5, 0.6) is 0 Å². The third-order valence-corrected chi connectivity index (χ3v) is 13.6. The smallest absolute Gasteiger partial charge is 0.435 e. The minimum Gasteiger partial charge on any atom is -0.480 e. The number of hydrogen-bond donors (Lipinski definition) is 2. The number of carbonyl (C=O) groups excluding carboxylic acids is 1. The van der Waals surface area contributed by atoms with Gasteiger partial charge in [0.2, 0.25) is 0 Å². The molecule has 10 rings (SSSR count). The molecule has 0 radical (unpaired) electrons. The maximum absolute atomic E-state index is 14.0. The summed E-state index contributed by atoms with van der Waals surface area (Å²) in [7, 11) is 0. The van der Waals surface area contributed by atoms with Crippen LogP contribution >= 0.6 is 35.6 Å². The number of carbonyl (C=O) groups is 2. The number of aliphatic carboxylic acids is 1. The summed E-state index contributed by atoms with van der Waals surface area (Å²) in [4.78, 5) is 32.3. The molecule has 2 unspecified atom stereocenters. The summed E-state index contributed by atoms with van der Waals surface area (Å²) in [5.74, 6) is -4.19. The Morgan fingerprint density at radius 1 is 0.600 bits per heavy atom. The van der Waals surface area contributed by atoms with Gasteiger partial charge in [0.05, 0.1) is 18.3 Å². The number of aromatic nitrogens is 6. The van der Waals surface area contributed by atoms with Crippen LogP contribution in [0.4, 0.5) is 43.9 Å². The van der Waals surface area contributed by atoms with Crippen molar-refractivity contribution >= 4 is 47.4 Å². The maximum Gasteiger partial charge on any atom is 0.435 e. The van der Waals surface area contributed by atoms with Gasteiger partial charge in [-0.2, -0.15) is 36.5 Å². The number of benzene rings is 4. The number of oxazole rings is 2. The molecule has 4 aromatic heterocycles. The predicted octanol–water partition coefficient (Wildman–Crippen LogP) is 14.2. The van der Waals surface area contributed by atoms with Crippen LogP contribution in [-0.2, 0) is 73.6 Å². The Labute approximate surface area is 466 Å². The standard InChI is InChI=1S/C28H23ClF5N3O2.C17H13ClF2N2O.C10H11F3N2O2.ClH/c29-19-7-5-17(6-8-19)26-25(35-15-39-26)18(9-16-10-20(30)13-21(31)11-16)12-22(38)14-37-24-4-2-1-3-23(24)27(36-37)28(32,33)34;18-12-3-1-11(2-4-12)17-16(22-9-23-17)15(21)7-10-5-13(19)8-14(20)6-10;11-10(12,13)9-6-3-1-2-4-7(6)15(14-9)5-8(16)17;/h5-8,10-11,13,15,18H,1-4,9,12,14H2;1-6,8-9,15H,7,21H2;1-5H2,(H,16,17);1H. The average Bonchev–Trinajstić information content (AvgIpc) is 4.23. The number of halogens is 13. The molecule has 8 aromatic rings. The molecule has 0 bridgehead atoms. The first kappa shape index (κ1) is 60.6. The van der Waals surface area contributed by atoms with Crippen molar-refractivity contribution < 1.29 is 67.4 Å². The average molecular weight is 1180 g/mol. The van der Waals surface area contributed by atoms with Gasteiger partial charge in [0.25, 0.3) is 0 Å². The summed E-state index contributed by atoms with van der Waals surface area (Å²) >= 11 is 11.9. The zero-order chi connectivity index (χ0) is 56.8. The molecule has 2 aliphatic carbocycles. The van der Waals surface area contributed by atoms with Crippen LogP contribution in [0.25, 0.3) is 22.6 Å². The predicted molar refractivity (Wildman–Crippen MR) is 276 cm³/mol. The van der Waals surface area contributed by atoms with E-state index < -0.39 is 77.3 Å². The van der Waals surface area contributed by atoms with E-state index in [1.54, 1.807) is 48.5 Å². The van der Waals surface area contributed by atoms with E-state index in [0.29, 0.717) is 99.6 Å². The van der Waals surface area contributed by atoms with Gasteiger partial charge in [-0.05, 0) is 148 Å². The number of carboxylic acid groups (broad SMARTS) is 1. The van der Waals surface area contributed by atoms with Crippen molar-refractivity contribution in [1.29, 1.82) is 0 Å². The molecule has 4 heterocycles. The number of carboxylic acids is 1. The second-order valence-electron chi connectivity index (χ2n) is 18.8. The van der Waals surface area contributed by atoms with E-state index in [2.05, 4.69) is 20.2 Å². The number of fused-ring (bicyclic) bond motifs is 2. The highest BCUT2D eigenvalue weighted by atomic mass is 35.5. The molecule has 80 heavy (non-hydrogen) atoms. The van der Waals surface area contributed by atoms with Gasteiger partial charge in [-0.25, -0.2) is 27.5 Å². The molecule has 424 valence electrons. The van der Waals surface area contributed by atoms with Crippen molar-refractivity contribution in [3.05, 3.63) is 187 Å². The van der Waals surface area contributed by atoms with Gasteiger partial charge >= 0.3 is 18.3 Å². The Bertz CT molecular complexity index is 3390. The molecule has 0 saturated carbocycles. The number of rotatable bonds is 14. The first-order valence-electron chi connectivity index (χ1n) is 24.6. The molecule has 3 N–H and O–H groups in total. The molecular formula is C55H48Cl3F10N7O5. The molecule has 0 saturated heterocycles. The van der Waals surface area contributed by atoms with Crippen LogP contribution in [0.15, 0.2) is 107 Å². The second kappa shape index (κ2) is 26.1. The lowest BCUT2D eigenvalue weighted by molar-refractivity contribution is -0.143. The summed E-state index contributed by atoms with van der Waals surface area (Å²) in [5.41, 5.74) is 8.52. The van der Waals surface area contributed by atoms with E-state index >= 15 is 0 Å². The maximum atomic E-state index is 14.0. The Morgan fingerprint density at radius 2 is 1.00 bits per heavy atom. The van der Waals surface area contributed by atoms with E-state index in [-0.39, 0.29) is 55.8 Å². The number of alkyl halides is 6. The Morgan fingerprint density at radius 3 is 1.44 bits per heavy atom. The van der Waals surface area contributed by atoms with Crippen molar-refractivity contribution in [3.63, 3.8) is 0 Å². The van der Waals surface area contributed by atoms with Crippen LogP contribution < -0.4 is 5.73 Å². The van der Waals surface area contributed by atoms with Crippen molar-refractivity contribution in [1.82, 2.24) is 29.5 Å². The third-order valence-electron chi connectivity index (χ3n) is 13.1. The van der Waals surface area contributed by atoms with Gasteiger partial charge in [0.1, 0.15) is 35.5 Å².